The molecule has 124 valence electrons. The highest BCUT2D eigenvalue weighted by molar-refractivity contribution is 5.90. The fourth-order valence-corrected chi connectivity index (χ4v) is 2.02. The Balaban J connectivity index is 2.56. The van der Waals surface area contributed by atoms with Crippen molar-refractivity contribution in [3.8, 4) is 6.07 Å². The molecule has 0 aromatic heterocycles. The summed E-state index contributed by atoms with van der Waals surface area (Å²) in [4.78, 5) is 24.0. The molecule has 6 heteroatoms. The number of carboxylic acid groups (broad SMARTS) is 1. The van der Waals surface area contributed by atoms with Crippen molar-refractivity contribution in [2.75, 3.05) is 6.54 Å². The molecule has 1 aromatic carbocycles. The van der Waals surface area contributed by atoms with Gasteiger partial charge < -0.3 is 10.4 Å². The molecule has 0 heterocycles. The molecule has 0 unspecified atom stereocenters. The minimum Gasteiger partial charge on any atom is -0.465 e. The van der Waals surface area contributed by atoms with Crippen LogP contribution in [0, 0.1) is 17.2 Å². The van der Waals surface area contributed by atoms with E-state index >= 15 is 0 Å². The van der Waals surface area contributed by atoms with Crippen molar-refractivity contribution in [2.24, 2.45) is 5.92 Å². The summed E-state index contributed by atoms with van der Waals surface area (Å²) in [5.41, 5.74) is 1.07. The van der Waals surface area contributed by atoms with Gasteiger partial charge >= 0.3 is 12.1 Å². The van der Waals surface area contributed by atoms with Gasteiger partial charge in [-0.05, 0) is 30.7 Å². The topological polar surface area (TPSA) is 93.4 Å². The highest BCUT2D eigenvalue weighted by Crippen LogP contribution is 2.07. The smallest absolute Gasteiger partial charge is 0.415 e. The quantitative estimate of drug-likeness (QED) is 0.807. The van der Waals surface area contributed by atoms with Crippen molar-refractivity contribution in [2.45, 2.75) is 39.2 Å². The zero-order valence-corrected chi connectivity index (χ0v) is 13.5. The average molecular weight is 317 g/mol. The van der Waals surface area contributed by atoms with Crippen LogP contribution in [0.5, 0.6) is 0 Å². The van der Waals surface area contributed by atoms with Crippen molar-refractivity contribution in [3.05, 3.63) is 35.9 Å². The van der Waals surface area contributed by atoms with E-state index in [0.717, 1.165) is 10.5 Å². The molecule has 6 nitrogen and oxygen atoms in total. The number of urea groups is 1. The highest BCUT2D eigenvalue weighted by atomic mass is 16.4. The van der Waals surface area contributed by atoms with Crippen LogP contribution in [0.4, 0.5) is 9.59 Å². The maximum atomic E-state index is 12.1. The Morgan fingerprint density at radius 1 is 1.26 bits per heavy atom. The van der Waals surface area contributed by atoms with Crippen molar-refractivity contribution in [1.29, 1.82) is 5.26 Å². The summed E-state index contributed by atoms with van der Waals surface area (Å²) in [5.74, 6) is 0.287. The number of carbonyl (C=O) groups is 2. The number of amides is 3. The maximum Gasteiger partial charge on any atom is 0.415 e. The van der Waals surface area contributed by atoms with Gasteiger partial charge in [-0.25, -0.2) is 14.5 Å². The van der Waals surface area contributed by atoms with E-state index in [4.69, 9.17) is 10.4 Å². The Kier molecular flexibility index (Phi) is 7.61. The van der Waals surface area contributed by atoms with Crippen molar-refractivity contribution in [1.82, 2.24) is 10.2 Å². The number of nitriles is 1. The van der Waals surface area contributed by atoms with Crippen molar-refractivity contribution < 1.29 is 14.7 Å². The van der Waals surface area contributed by atoms with Gasteiger partial charge in [-0.2, -0.15) is 5.26 Å². The first-order chi connectivity index (χ1) is 10.9. The van der Waals surface area contributed by atoms with E-state index < -0.39 is 18.2 Å². The van der Waals surface area contributed by atoms with E-state index in [1.807, 2.05) is 50.2 Å². The lowest BCUT2D eigenvalue weighted by Crippen LogP contribution is -2.47. The van der Waals surface area contributed by atoms with Gasteiger partial charge in [-0.1, -0.05) is 44.2 Å². The molecule has 3 amide bonds. The Hall–Kier alpha value is -2.55. The van der Waals surface area contributed by atoms with Crippen LogP contribution in [0.3, 0.4) is 0 Å². The van der Waals surface area contributed by atoms with E-state index in [2.05, 4.69) is 5.32 Å². The van der Waals surface area contributed by atoms with E-state index in [-0.39, 0.29) is 12.5 Å². The minimum atomic E-state index is -1.30. The second kappa shape index (κ2) is 9.46. The van der Waals surface area contributed by atoms with Crippen molar-refractivity contribution in [3.63, 3.8) is 0 Å². The molecule has 0 aliphatic carbocycles. The third kappa shape index (κ3) is 6.83. The number of nitrogens with zero attached hydrogens (tertiary/aromatic N) is 2. The summed E-state index contributed by atoms with van der Waals surface area (Å²) in [6.07, 6.45) is 0.353. The van der Waals surface area contributed by atoms with Gasteiger partial charge in [0.25, 0.3) is 0 Å². The third-order valence-corrected chi connectivity index (χ3v) is 3.42. The average Bonchev–Trinajstić information content (AvgIpc) is 2.51. The number of rotatable bonds is 7. The predicted octanol–water partition coefficient (Wildman–Crippen LogP) is 3.25. The Morgan fingerprint density at radius 3 is 2.43 bits per heavy atom. The number of carbonyl (C=O) groups excluding carboxylic acids is 1. The third-order valence-electron chi connectivity index (χ3n) is 3.42. The maximum absolute atomic E-state index is 12.1. The van der Waals surface area contributed by atoms with Gasteiger partial charge in [0.15, 0.2) is 0 Å². The van der Waals surface area contributed by atoms with Crippen LogP contribution in [-0.2, 0) is 6.42 Å². The van der Waals surface area contributed by atoms with Crippen molar-refractivity contribution >= 4 is 12.1 Å². The summed E-state index contributed by atoms with van der Waals surface area (Å²) in [5, 5.41) is 20.8. The molecule has 0 saturated carbocycles. The SMILES string of the molecule is CC(C)CCN(C(=O)O)C(=O)N[C@H](C#N)CCc1ccccc1. The fraction of sp³-hybridized carbons (Fsp3) is 0.471. The number of nitrogens with one attached hydrogen (secondary N) is 1. The zero-order chi connectivity index (χ0) is 17.2. The predicted molar refractivity (Wildman–Crippen MR) is 86.9 cm³/mol. The van der Waals surface area contributed by atoms with Crippen LogP contribution in [0.15, 0.2) is 30.3 Å². The normalized spacial score (nSPS) is 11.6. The molecule has 1 rings (SSSR count). The van der Waals surface area contributed by atoms with Crippen LogP contribution in [-0.4, -0.2) is 34.7 Å². The lowest BCUT2D eigenvalue weighted by Gasteiger charge is -2.21. The Labute approximate surface area is 136 Å². The molecule has 0 bridgehead atoms. The molecule has 0 radical (unpaired) electrons. The van der Waals surface area contributed by atoms with Gasteiger partial charge in [0.1, 0.15) is 6.04 Å². The van der Waals surface area contributed by atoms with Crippen LogP contribution in [0.1, 0.15) is 32.3 Å². The monoisotopic (exact) mass is 317 g/mol. The van der Waals surface area contributed by atoms with Gasteiger partial charge in [-0.3, -0.25) is 0 Å². The zero-order valence-electron chi connectivity index (χ0n) is 13.5. The second-order valence-corrected chi connectivity index (χ2v) is 5.77. The van der Waals surface area contributed by atoms with Gasteiger partial charge in [0, 0.05) is 6.54 Å². The molecule has 0 fully saturated rings. The summed E-state index contributed by atoms with van der Waals surface area (Å²) in [6.45, 7) is 4.03. The molecule has 0 aliphatic rings. The van der Waals surface area contributed by atoms with Gasteiger partial charge in [0.05, 0.1) is 6.07 Å². The highest BCUT2D eigenvalue weighted by Gasteiger charge is 2.23. The van der Waals surface area contributed by atoms with E-state index in [9.17, 15) is 9.59 Å². The molecule has 1 atom stereocenters. The molecule has 0 aliphatic heterocycles. The molecule has 1 aromatic rings. The van der Waals surface area contributed by atoms with E-state index in [1.165, 1.54) is 0 Å². The summed E-state index contributed by atoms with van der Waals surface area (Å²) >= 11 is 0. The molecule has 0 saturated heterocycles. The summed E-state index contributed by atoms with van der Waals surface area (Å²) in [6, 6.07) is 10.2. The second-order valence-electron chi connectivity index (χ2n) is 5.77. The van der Waals surface area contributed by atoms with Gasteiger partial charge in [0.2, 0.25) is 0 Å². The van der Waals surface area contributed by atoms with E-state index in [1.54, 1.807) is 0 Å². The Bertz CT molecular complexity index is 552. The van der Waals surface area contributed by atoms with Crippen LogP contribution in [0.2, 0.25) is 0 Å². The Morgan fingerprint density at radius 2 is 1.91 bits per heavy atom. The molecule has 0 spiro atoms. The van der Waals surface area contributed by atoms with Crippen LogP contribution in [0.25, 0.3) is 0 Å². The van der Waals surface area contributed by atoms with E-state index in [0.29, 0.717) is 19.3 Å². The van der Waals surface area contributed by atoms with Gasteiger partial charge in [-0.15, -0.1) is 0 Å². The first kappa shape index (κ1) is 18.5. The standard InChI is InChI=1S/C17H23N3O3/c1-13(2)10-11-20(17(22)23)16(21)19-15(12-18)9-8-14-6-4-3-5-7-14/h3-7,13,15H,8-11H2,1-2H3,(H,19,21)(H,22,23)/t15-/m0/s1. The molecular weight excluding hydrogens is 294 g/mol. The number of hydrogen-bond acceptors (Lipinski definition) is 3. The first-order valence-corrected chi connectivity index (χ1v) is 7.68. The summed E-state index contributed by atoms with van der Waals surface area (Å²) in [7, 11) is 0. The number of imide groups is 1. The van der Waals surface area contributed by atoms with Crippen LogP contribution < -0.4 is 5.32 Å². The lowest BCUT2D eigenvalue weighted by molar-refractivity contribution is 0.145. The summed E-state index contributed by atoms with van der Waals surface area (Å²) < 4.78 is 0. The first-order valence-electron chi connectivity index (χ1n) is 7.68. The number of hydrogen-bond donors (Lipinski definition) is 2. The molecule has 23 heavy (non-hydrogen) atoms. The largest absolute Gasteiger partial charge is 0.465 e. The minimum absolute atomic E-state index is 0.121. The number of aryl methyl sites for hydroxylation is 1. The molecule has 2 N–H and O–H groups in total. The lowest BCUT2D eigenvalue weighted by atomic mass is 10.1. The van der Waals surface area contributed by atoms with Crippen LogP contribution >= 0.6 is 0 Å². The fourth-order valence-electron chi connectivity index (χ4n) is 2.02. The molecular formula is C17H23N3O3. The number of benzene rings is 1.